The third-order valence-electron chi connectivity index (χ3n) is 3.68. The molecule has 0 amide bonds. The summed E-state index contributed by atoms with van der Waals surface area (Å²) in [4.78, 5) is 11.3. The maximum absolute atomic E-state index is 12.8. The molecule has 0 heterocycles. The van der Waals surface area contributed by atoms with Crippen LogP contribution >= 0.6 is 0 Å². The van der Waals surface area contributed by atoms with Crippen LogP contribution in [0.2, 0.25) is 0 Å². The minimum absolute atomic E-state index is 0.0602. The Morgan fingerprint density at radius 3 is 2.47 bits per heavy atom. The van der Waals surface area contributed by atoms with Crippen LogP contribution in [0, 0.1) is 6.92 Å². The van der Waals surface area contributed by atoms with E-state index in [1.165, 1.54) is 6.07 Å². The van der Waals surface area contributed by atoms with Crippen molar-refractivity contribution >= 4 is 5.97 Å². The Balaban J connectivity index is 2.46. The number of carboxylic acids is 1. The predicted molar refractivity (Wildman–Crippen MR) is 59.3 cm³/mol. The molecule has 0 bridgehead atoms. The van der Waals surface area contributed by atoms with Gasteiger partial charge in [-0.1, -0.05) is 18.6 Å². The lowest BCUT2D eigenvalue weighted by Gasteiger charge is -2.38. The SMILES string of the molecule is Cc1ccc(C2(C(=O)O)CCC2)cc1C(F)F. The van der Waals surface area contributed by atoms with Gasteiger partial charge in [-0.3, -0.25) is 4.79 Å². The van der Waals surface area contributed by atoms with Crippen molar-refractivity contribution in [2.75, 3.05) is 0 Å². The third-order valence-corrected chi connectivity index (χ3v) is 3.68. The Labute approximate surface area is 98.3 Å². The van der Waals surface area contributed by atoms with Gasteiger partial charge in [-0.05, 0) is 37.0 Å². The molecule has 2 rings (SSSR count). The van der Waals surface area contributed by atoms with Gasteiger partial charge in [0.05, 0.1) is 5.41 Å². The second-order valence-corrected chi connectivity index (χ2v) is 4.61. The largest absolute Gasteiger partial charge is 0.481 e. The summed E-state index contributed by atoms with van der Waals surface area (Å²) in [5, 5.41) is 9.25. The molecule has 1 aliphatic carbocycles. The highest BCUT2D eigenvalue weighted by molar-refractivity contribution is 5.82. The minimum atomic E-state index is -2.55. The summed E-state index contributed by atoms with van der Waals surface area (Å²) < 4.78 is 25.5. The molecule has 0 saturated heterocycles. The van der Waals surface area contributed by atoms with Gasteiger partial charge in [0.15, 0.2) is 0 Å². The first-order chi connectivity index (χ1) is 7.97. The molecular weight excluding hydrogens is 226 g/mol. The molecule has 1 aromatic carbocycles. The summed E-state index contributed by atoms with van der Waals surface area (Å²) in [6.45, 7) is 1.61. The fraction of sp³-hybridized carbons (Fsp3) is 0.462. The first kappa shape index (κ1) is 12.0. The van der Waals surface area contributed by atoms with Crippen molar-refractivity contribution in [2.24, 2.45) is 0 Å². The molecule has 0 aliphatic heterocycles. The monoisotopic (exact) mass is 240 g/mol. The van der Waals surface area contributed by atoms with Gasteiger partial charge in [0.25, 0.3) is 6.43 Å². The van der Waals surface area contributed by atoms with Gasteiger partial charge in [0, 0.05) is 5.56 Å². The highest BCUT2D eigenvalue weighted by atomic mass is 19.3. The van der Waals surface area contributed by atoms with Crippen molar-refractivity contribution in [3.63, 3.8) is 0 Å². The lowest BCUT2D eigenvalue weighted by atomic mass is 9.64. The lowest BCUT2D eigenvalue weighted by Crippen LogP contribution is -2.42. The van der Waals surface area contributed by atoms with E-state index in [9.17, 15) is 18.7 Å². The van der Waals surface area contributed by atoms with Crippen LogP contribution < -0.4 is 0 Å². The second-order valence-electron chi connectivity index (χ2n) is 4.61. The number of benzene rings is 1. The van der Waals surface area contributed by atoms with Gasteiger partial charge >= 0.3 is 5.97 Å². The second kappa shape index (κ2) is 4.09. The van der Waals surface area contributed by atoms with Crippen molar-refractivity contribution in [2.45, 2.75) is 38.0 Å². The van der Waals surface area contributed by atoms with E-state index in [-0.39, 0.29) is 5.56 Å². The third kappa shape index (κ3) is 1.81. The van der Waals surface area contributed by atoms with E-state index in [4.69, 9.17) is 0 Å². The molecule has 92 valence electrons. The summed E-state index contributed by atoms with van der Waals surface area (Å²) >= 11 is 0. The smallest absolute Gasteiger partial charge is 0.314 e. The summed E-state index contributed by atoms with van der Waals surface area (Å²) in [6, 6.07) is 4.60. The van der Waals surface area contributed by atoms with E-state index >= 15 is 0 Å². The van der Waals surface area contributed by atoms with Gasteiger partial charge in [-0.2, -0.15) is 0 Å². The van der Waals surface area contributed by atoms with Crippen LogP contribution in [-0.2, 0) is 10.2 Å². The highest BCUT2D eigenvalue weighted by Crippen LogP contribution is 2.45. The van der Waals surface area contributed by atoms with Gasteiger partial charge < -0.3 is 5.11 Å². The number of aliphatic carboxylic acids is 1. The topological polar surface area (TPSA) is 37.3 Å². The number of hydrogen-bond acceptors (Lipinski definition) is 1. The standard InChI is InChI=1S/C13H14F2O2/c1-8-3-4-9(7-10(8)11(14)15)13(12(16)17)5-2-6-13/h3-4,7,11H,2,5-6H2,1H3,(H,16,17). The number of carbonyl (C=O) groups is 1. The zero-order valence-electron chi connectivity index (χ0n) is 9.54. The summed E-state index contributed by atoms with van der Waals surface area (Å²) in [5.74, 6) is -0.909. The maximum Gasteiger partial charge on any atom is 0.314 e. The molecule has 1 N–H and O–H groups in total. The summed E-state index contributed by atoms with van der Waals surface area (Å²) in [6.07, 6.45) is -0.646. The zero-order valence-corrected chi connectivity index (χ0v) is 9.54. The molecule has 0 radical (unpaired) electrons. The van der Waals surface area contributed by atoms with Crippen LogP contribution in [0.3, 0.4) is 0 Å². The highest BCUT2D eigenvalue weighted by Gasteiger charge is 2.46. The number of aryl methyl sites for hydroxylation is 1. The fourth-order valence-electron chi connectivity index (χ4n) is 2.33. The van der Waals surface area contributed by atoms with E-state index < -0.39 is 17.8 Å². The van der Waals surface area contributed by atoms with Crippen LogP contribution in [0.1, 0.15) is 42.4 Å². The van der Waals surface area contributed by atoms with Crippen molar-refractivity contribution in [1.82, 2.24) is 0 Å². The lowest BCUT2D eigenvalue weighted by molar-refractivity contribution is -0.147. The Bertz CT molecular complexity index is 451. The number of alkyl halides is 2. The number of halogens is 2. The van der Waals surface area contributed by atoms with E-state index in [0.29, 0.717) is 24.0 Å². The van der Waals surface area contributed by atoms with Crippen LogP contribution in [0.25, 0.3) is 0 Å². The molecule has 1 aliphatic rings. The van der Waals surface area contributed by atoms with Gasteiger partial charge in [0.1, 0.15) is 0 Å². The molecule has 0 unspecified atom stereocenters. The molecule has 4 heteroatoms. The molecule has 2 nitrogen and oxygen atoms in total. The molecule has 0 atom stereocenters. The van der Waals surface area contributed by atoms with Crippen LogP contribution in [-0.4, -0.2) is 11.1 Å². The average molecular weight is 240 g/mol. The van der Waals surface area contributed by atoms with Crippen LogP contribution in [0.15, 0.2) is 18.2 Å². The number of hydrogen-bond donors (Lipinski definition) is 1. The molecular formula is C13H14F2O2. The van der Waals surface area contributed by atoms with E-state index in [1.54, 1.807) is 19.1 Å². The zero-order chi connectivity index (χ0) is 12.6. The molecule has 1 aromatic rings. The van der Waals surface area contributed by atoms with Crippen molar-refractivity contribution < 1.29 is 18.7 Å². The Hall–Kier alpha value is -1.45. The fourth-order valence-corrected chi connectivity index (χ4v) is 2.33. The molecule has 1 saturated carbocycles. The van der Waals surface area contributed by atoms with E-state index in [0.717, 1.165) is 6.42 Å². The van der Waals surface area contributed by atoms with E-state index in [1.807, 2.05) is 0 Å². The van der Waals surface area contributed by atoms with Crippen molar-refractivity contribution in [1.29, 1.82) is 0 Å². The molecule has 17 heavy (non-hydrogen) atoms. The molecule has 1 fully saturated rings. The first-order valence-electron chi connectivity index (χ1n) is 5.60. The quantitative estimate of drug-likeness (QED) is 0.878. The van der Waals surface area contributed by atoms with Crippen LogP contribution in [0.5, 0.6) is 0 Å². The average Bonchev–Trinajstić information content (AvgIpc) is 2.17. The summed E-state index contributed by atoms with van der Waals surface area (Å²) in [5.41, 5.74) is 0.0212. The van der Waals surface area contributed by atoms with Crippen LogP contribution in [0.4, 0.5) is 8.78 Å². The maximum atomic E-state index is 12.8. The number of rotatable bonds is 3. The normalized spacial score (nSPS) is 17.9. The van der Waals surface area contributed by atoms with Gasteiger partial charge in [0.2, 0.25) is 0 Å². The van der Waals surface area contributed by atoms with E-state index in [2.05, 4.69) is 0 Å². The summed E-state index contributed by atoms with van der Waals surface area (Å²) in [7, 11) is 0. The first-order valence-corrected chi connectivity index (χ1v) is 5.60. The minimum Gasteiger partial charge on any atom is -0.481 e. The van der Waals surface area contributed by atoms with Crippen molar-refractivity contribution in [3.8, 4) is 0 Å². The van der Waals surface area contributed by atoms with Gasteiger partial charge in [-0.15, -0.1) is 0 Å². The Morgan fingerprint density at radius 2 is 2.06 bits per heavy atom. The number of carboxylic acid groups (broad SMARTS) is 1. The molecule has 0 aromatic heterocycles. The Kier molecular flexibility index (Phi) is 2.89. The molecule has 0 spiro atoms. The van der Waals surface area contributed by atoms with Crippen molar-refractivity contribution in [3.05, 3.63) is 34.9 Å². The Morgan fingerprint density at radius 1 is 1.41 bits per heavy atom. The predicted octanol–water partition coefficient (Wildman–Crippen LogP) is 3.44. The van der Waals surface area contributed by atoms with Gasteiger partial charge in [-0.25, -0.2) is 8.78 Å².